The highest BCUT2D eigenvalue weighted by atomic mass is 16.6. The van der Waals surface area contributed by atoms with Crippen LogP contribution in [0.2, 0.25) is 0 Å². The van der Waals surface area contributed by atoms with Crippen LogP contribution in [0.15, 0.2) is 48.5 Å². The monoisotopic (exact) mass is 397 g/mol. The molecule has 0 saturated carbocycles. The number of benzene rings is 2. The lowest BCUT2D eigenvalue weighted by molar-refractivity contribution is -0.385. The predicted octanol–water partition coefficient (Wildman–Crippen LogP) is 4.88. The molecule has 0 aliphatic carbocycles. The van der Waals surface area contributed by atoms with Gasteiger partial charge in [-0.05, 0) is 62.2 Å². The number of carbonyl (C=O) groups excluding carboxylic acids is 1. The summed E-state index contributed by atoms with van der Waals surface area (Å²) in [6.45, 7) is 8.36. The van der Waals surface area contributed by atoms with E-state index in [0.29, 0.717) is 17.9 Å². The van der Waals surface area contributed by atoms with Gasteiger partial charge in [-0.3, -0.25) is 14.9 Å². The Balaban J connectivity index is 2.04. The molecule has 7 nitrogen and oxygen atoms in total. The summed E-state index contributed by atoms with van der Waals surface area (Å²) >= 11 is 0. The number of hydrogen-bond donors (Lipinski definition) is 1. The lowest BCUT2D eigenvalue weighted by Crippen LogP contribution is -2.21. The van der Waals surface area contributed by atoms with Crippen molar-refractivity contribution in [2.45, 2.75) is 27.2 Å². The van der Waals surface area contributed by atoms with Gasteiger partial charge in [0, 0.05) is 36.6 Å². The van der Waals surface area contributed by atoms with Crippen molar-refractivity contribution in [1.29, 1.82) is 0 Å². The lowest BCUT2D eigenvalue weighted by atomic mass is 10.1. The Kier molecular flexibility index (Phi) is 8.21. The third-order valence-electron chi connectivity index (χ3n) is 4.33. The Labute approximate surface area is 171 Å². The molecular formula is C22H27N3O4. The largest absolute Gasteiger partial charge is 0.487 e. The van der Waals surface area contributed by atoms with Crippen LogP contribution in [0.4, 0.5) is 17.1 Å². The van der Waals surface area contributed by atoms with E-state index < -0.39 is 4.92 Å². The second kappa shape index (κ2) is 10.8. The summed E-state index contributed by atoms with van der Waals surface area (Å²) in [7, 11) is 0. The van der Waals surface area contributed by atoms with Crippen molar-refractivity contribution in [2.75, 3.05) is 29.9 Å². The fourth-order valence-corrected chi connectivity index (χ4v) is 2.81. The number of anilines is 2. The smallest absolute Gasteiger partial charge is 0.311 e. The number of carbonyl (C=O) groups is 1. The highest BCUT2D eigenvalue weighted by Crippen LogP contribution is 2.28. The van der Waals surface area contributed by atoms with Gasteiger partial charge in [0.05, 0.1) is 11.5 Å². The molecule has 0 spiro atoms. The van der Waals surface area contributed by atoms with Crippen molar-refractivity contribution in [3.8, 4) is 5.75 Å². The summed E-state index contributed by atoms with van der Waals surface area (Å²) < 4.78 is 5.40. The van der Waals surface area contributed by atoms with Gasteiger partial charge in [0.25, 0.3) is 0 Å². The molecule has 1 amide bonds. The summed E-state index contributed by atoms with van der Waals surface area (Å²) in [5, 5.41) is 14.0. The maximum absolute atomic E-state index is 12.2. The number of nitro groups is 1. The van der Waals surface area contributed by atoms with E-state index in [1.807, 2.05) is 31.2 Å². The number of nitrogens with zero attached hydrogens (tertiary/aromatic N) is 2. The minimum Gasteiger partial charge on any atom is -0.487 e. The van der Waals surface area contributed by atoms with Crippen LogP contribution in [0.3, 0.4) is 0 Å². The lowest BCUT2D eigenvalue weighted by Gasteiger charge is -2.21. The second-order valence-electron chi connectivity index (χ2n) is 6.37. The molecule has 0 radical (unpaired) electrons. The molecule has 154 valence electrons. The first-order valence-corrected chi connectivity index (χ1v) is 9.73. The average molecular weight is 397 g/mol. The van der Waals surface area contributed by atoms with Crippen LogP contribution in [-0.2, 0) is 4.79 Å². The predicted molar refractivity (Wildman–Crippen MR) is 117 cm³/mol. The molecule has 0 aliphatic rings. The zero-order valence-electron chi connectivity index (χ0n) is 17.1. The Morgan fingerprint density at radius 1 is 1.14 bits per heavy atom. The van der Waals surface area contributed by atoms with Crippen molar-refractivity contribution in [3.63, 3.8) is 0 Å². The van der Waals surface area contributed by atoms with E-state index in [1.54, 1.807) is 12.1 Å². The highest BCUT2D eigenvalue weighted by Gasteiger charge is 2.15. The molecule has 2 aromatic rings. The van der Waals surface area contributed by atoms with Crippen molar-refractivity contribution in [2.24, 2.45) is 0 Å². The quantitative estimate of drug-likeness (QED) is 0.351. The van der Waals surface area contributed by atoms with E-state index in [2.05, 4.69) is 24.1 Å². The molecule has 29 heavy (non-hydrogen) atoms. The molecule has 0 aromatic heterocycles. The minimum atomic E-state index is -0.486. The number of rotatable bonds is 10. The molecule has 0 atom stereocenters. The Morgan fingerprint density at radius 2 is 1.83 bits per heavy atom. The van der Waals surface area contributed by atoms with Gasteiger partial charge < -0.3 is 15.0 Å². The first-order valence-electron chi connectivity index (χ1n) is 9.73. The topological polar surface area (TPSA) is 84.7 Å². The third-order valence-corrected chi connectivity index (χ3v) is 4.33. The van der Waals surface area contributed by atoms with E-state index >= 15 is 0 Å². The van der Waals surface area contributed by atoms with Gasteiger partial charge >= 0.3 is 5.69 Å². The molecule has 2 rings (SSSR count). The van der Waals surface area contributed by atoms with Crippen molar-refractivity contribution in [1.82, 2.24) is 0 Å². The summed E-state index contributed by atoms with van der Waals surface area (Å²) in [5.41, 5.74) is 2.21. The van der Waals surface area contributed by atoms with Crippen LogP contribution < -0.4 is 15.0 Å². The van der Waals surface area contributed by atoms with Crippen molar-refractivity contribution >= 4 is 29.0 Å². The molecule has 1 N–H and O–H groups in total. The normalized spacial score (nSPS) is 10.7. The molecule has 7 heteroatoms. The van der Waals surface area contributed by atoms with Crippen molar-refractivity contribution < 1.29 is 14.5 Å². The summed E-state index contributed by atoms with van der Waals surface area (Å²) in [6.07, 6.45) is 3.65. The fraction of sp³-hybridized carbons (Fsp3) is 0.318. The van der Waals surface area contributed by atoms with Crippen LogP contribution in [0.25, 0.3) is 6.08 Å². The van der Waals surface area contributed by atoms with Gasteiger partial charge in [-0.25, -0.2) is 0 Å². The van der Waals surface area contributed by atoms with E-state index in [0.717, 1.165) is 25.2 Å². The van der Waals surface area contributed by atoms with Crippen LogP contribution >= 0.6 is 0 Å². The van der Waals surface area contributed by atoms with Crippen molar-refractivity contribution in [3.05, 3.63) is 64.2 Å². The Morgan fingerprint density at radius 3 is 2.41 bits per heavy atom. The molecule has 2 aromatic carbocycles. The van der Waals surface area contributed by atoms with Gasteiger partial charge in [0.15, 0.2) is 5.75 Å². The SMILES string of the molecule is CCCOc1ccc(/C=C/C(=O)Nc2ccc(N(CC)CC)cc2)cc1[N+](=O)[O-]. The van der Waals surface area contributed by atoms with E-state index in [-0.39, 0.29) is 17.3 Å². The molecule has 0 fully saturated rings. The maximum atomic E-state index is 12.2. The molecule has 0 heterocycles. The van der Waals surface area contributed by atoms with Gasteiger partial charge in [0.1, 0.15) is 0 Å². The van der Waals surface area contributed by atoms with E-state index in [9.17, 15) is 14.9 Å². The maximum Gasteiger partial charge on any atom is 0.311 e. The summed E-state index contributed by atoms with van der Waals surface area (Å²) in [6, 6.07) is 12.3. The van der Waals surface area contributed by atoms with Gasteiger partial charge in [0.2, 0.25) is 5.91 Å². The summed E-state index contributed by atoms with van der Waals surface area (Å²) in [5.74, 6) is -0.0821. The first kappa shape index (κ1) is 21.9. The van der Waals surface area contributed by atoms with E-state index in [4.69, 9.17) is 4.74 Å². The first-order chi connectivity index (χ1) is 14.0. The molecular weight excluding hydrogens is 370 g/mol. The second-order valence-corrected chi connectivity index (χ2v) is 6.37. The molecule has 0 aliphatic heterocycles. The van der Waals surface area contributed by atoms with Crippen LogP contribution in [0.5, 0.6) is 5.75 Å². The Bertz CT molecular complexity index is 859. The standard InChI is InChI=1S/C22H27N3O4/c1-4-15-29-21-13-7-17(16-20(21)25(27)28)8-14-22(26)23-18-9-11-19(12-10-18)24(5-2)6-3/h7-14,16H,4-6,15H2,1-3H3,(H,23,26)/b14-8+. The molecule has 0 bridgehead atoms. The molecule has 0 saturated heterocycles. The van der Waals surface area contributed by atoms with E-state index in [1.165, 1.54) is 18.2 Å². The van der Waals surface area contributed by atoms with Gasteiger partial charge in [-0.15, -0.1) is 0 Å². The van der Waals surface area contributed by atoms with Crippen LogP contribution in [0.1, 0.15) is 32.8 Å². The molecule has 0 unspecified atom stereocenters. The number of amides is 1. The minimum absolute atomic E-state index is 0.118. The van der Waals surface area contributed by atoms with Gasteiger partial charge in [-0.1, -0.05) is 13.0 Å². The van der Waals surface area contributed by atoms with Crippen LogP contribution in [0, 0.1) is 10.1 Å². The number of nitro benzene ring substituents is 1. The summed E-state index contributed by atoms with van der Waals surface area (Å²) in [4.78, 5) is 25.2. The number of ether oxygens (including phenoxy) is 1. The number of hydrogen-bond acceptors (Lipinski definition) is 5. The van der Waals surface area contributed by atoms with Crippen LogP contribution in [-0.4, -0.2) is 30.5 Å². The highest BCUT2D eigenvalue weighted by molar-refractivity contribution is 6.02. The number of nitrogens with one attached hydrogen (secondary N) is 1. The Hall–Kier alpha value is -3.35. The van der Waals surface area contributed by atoms with Gasteiger partial charge in [-0.2, -0.15) is 0 Å². The zero-order chi connectivity index (χ0) is 21.2. The zero-order valence-corrected chi connectivity index (χ0v) is 17.1. The third kappa shape index (κ3) is 6.34. The average Bonchev–Trinajstić information content (AvgIpc) is 2.73. The fourth-order valence-electron chi connectivity index (χ4n) is 2.81.